The Morgan fingerprint density at radius 1 is 1.43 bits per heavy atom. The first-order valence-electron chi connectivity index (χ1n) is 3.38. The normalized spacial score (nSPS) is 14.1. The molecule has 0 saturated heterocycles. The van der Waals surface area contributed by atoms with E-state index in [0.29, 0.717) is 0 Å². The van der Waals surface area contributed by atoms with Gasteiger partial charge in [-0.05, 0) is 22.0 Å². The van der Waals surface area contributed by atoms with Gasteiger partial charge in [-0.2, -0.15) is 17.6 Å². The van der Waals surface area contributed by atoms with Crippen LogP contribution < -0.4 is 0 Å². The number of hydrogen-bond donors (Lipinski definition) is 1. The van der Waals surface area contributed by atoms with Gasteiger partial charge < -0.3 is 5.11 Å². The van der Waals surface area contributed by atoms with Crippen molar-refractivity contribution >= 4 is 15.9 Å². The van der Waals surface area contributed by atoms with Crippen LogP contribution in [0.2, 0.25) is 0 Å². The lowest BCUT2D eigenvalue weighted by Crippen LogP contribution is -2.21. The summed E-state index contributed by atoms with van der Waals surface area (Å²) in [5.41, 5.74) is -0.896. The van der Waals surface area contributed by atoms with Gasteiger partial charge >= 0.3 is 6.18 Å². The molecule has 0 fully saturated rings. The van der Waals surface area contributed by atoms with Crippen LogP contribution in [0.3, 0.4) is 0 Å². The van der Waals surface area contributed by atoms with E-state index in [1.807, 2.05) is 0 Å². The summed E-state index contributed by atoms with van der Waals surface area (Å²) in [4.78, 5) is 3.04. The second-order valence-electron chi connectivity index (χ2n) is 2.48. The fourth-order valence-electron chi connectivity index (χ4n) is 0.806. The van der Waals surface area contributed by atoms with Crippen LogP contribution in [-0.2, 0) is 0 Å². The first kappa shape index (κ1) is 11.4. The molecule has 0 spiro atoms. The largest absolute Gasteiger partial charge is 0.418 e. The summed E-state index contributed by atoms with van der Waals surface area (Å²) in [7, 11) is 0. The predicted molar refractivity (Wildman–Crippen MR) is 42.9 cm³/mol. The Morgan fingerprint density at radius 2 is 2.00 bits per heavy atom. The van der Waals surface area contributed by atoms with E-state index in [2.05, 4.69) is 20.9 Å². The van der Waals surface area contributed by atoms with E-state index < -0.39 is 23.8 Å². The van der Waals surface area contributed by atoms with Gasteiger partial charge in [-0.25, -0.2) is 4.98 Å². The van der Waals surface area contributed by atoms with E-state index in [1.54, 1.807) is 0 Å². The van der Waals surface area contributed by atoms with Crippen LogP contribution in [0.4, 0.5) is 17.6 Å². The van der Waals surface area contributed by atoms with Crippen molar-refractivity contribution < 1.29 is 22.7 Å². The summed E-state index contributed by atoms with van der Waals surface area (Å²) in [5, 5.41) is 8.74. The Labute approximate surface area is 84.7 Å². The molecule has 0 unspecified atom stereocenters. The van der Waals surface area contributed by atoms with Crippen molar-refractivity contribution in [1.82, 2.24) is 4.98 Å². The number of nitrogens with zero attached hydrogens (tertiary/aromatic N) is 1. The Hall–Kier alpha value is -0.690. The Balaban J connectivity index is 3.12. The summed E-state index contributed by atoms with van der Waals surface area (Å²) < 4.78 is 48.9. The molecule has 1 rings (SSSR count). The first-order chi connectivity index (χ1) is 6.32. The van der Waals surface area contributed by atoms with Crippen molar-refractivity contribution in [3.05, 3.63) is 28.2 Å². The Morgan fingerprint density at radius 3 is 2.50 bits per heavy atom. The molecule has 0 aliphatic heterocycles. The van der Waals surface area contributed by atoms with Gasteiger partial charge in [0.1, 0.15) is 0 Å². The van der Waals surface area contributed by atoms with Crippen LogP contribution in [0.25, 0.3) is 0 Å². The molecule has 14 heavy (non-hydrogen) atoms. The fraction of sp³-hybridized carbons (Fsp3) is 0.286. The van der Waals surface area contributed by atoms with Gasteiger partial charge in [0.15, 0.2) is 6.10 Å². The molecule has 1 atom stereocenters. The van der Waals surface area contributed by atoms with Gasteiger partial charge in [-0.1, -0.05) is 0 Å². The highest BCUT2D eigenvalue weighted by atomic mass is 79.9. The molecule has 1 aromatic rings. The minimum atomic E-state index is -4.90. The van der Waals surface area contributed by atoms with Crippen LogP contribution in [-0.4, -0.2) is 16.3 Å². The lowest BCUT2D eigenvalue weighted by molar-refractivity contribution is -0.207. The van der Waals surface area contributed by atoms with E-state index >= 15 is 0 Å². The molecule has 0 aliphatic rings. The first-order valence-corrected chi connectivity index (χ1v) is 4.17. The standard InChI is InChI=1S/C7H4BrF4NO/c8-3-1-4(6(9)13-2-3)5(14)7(10,11)12/h1-2,5,14H/t5-/m0/s1. The molecular weight excluding hydrogens is 270 g/mol. The maximum Gasteiger partial charge on any atom is 0.418 e. The third-order valence-corrected chi connectivity index (χ3v) is 1.87. The zero-order chi connectivity index (χ0) is 10.9. The lowest BCUT2D eigenvalue weighted by Gasteiger charge is -2.14. The highest BCUT2D eigenvalue weighted by Gasteiger charge is 2.41. The molecule has 0 saturated carbocycles. The second kappa shape index (κ2) is 3.82. The van der Waals surface area contributed by atoms with Crippen LogP contribution in [0, 0.1) is 5.95 Å². The van der Waals surface area contributed by atoms with Crippen LogP contribution in [0.15, 0.2) is 16.7 Å². The molecule has 1 N–H and O–H groups in total. The average Bonchev–Trinajstić information content (AvgIpc) is 2.06. The minimum absolute atomic E-state index is 0.164. The molecule has 0 radical (unpaired) electrons. The molecule has 0 bridgehead atoms. The summed E-state index contributed by atoms with van der Waals surface area (Å²) in [6.45, 7) is 0. The summed E-state index contributed by atoms with van der Waals surface area (Å²) in [6, 6.07) is 0.834. The van der Waals surface area contributed by atoms with Crippen molar-refractivity contribution in [3.8, 4) is 0 Å². The predicted octanol–water partition coefficient (Wildman–Crippen LogP) is 2.58. The molecule has 7 heteroatoms. The van der Waals surface area contributed by atoms with Crippen LogP contribution in [0.1, 0.15) is 11.7 Å². The highest BCUT2D eigenvalue weighted by Crippen LogP contribution is 2.33. The average molecular weight is 274 g/mol. The maximum atomic E-state index is 12.8. The van der Waals surface area contributed by atoms with E-state index in [0.717, 1.165) is 12.3 Å². The quantitative estimate of drug-likeness (QED) is 0.630. The lowest BCUT2D eigenvalue weighted by atomic mass is 10.1. The van der Waals surface area contributed by atoms with Crippen LogP contribution >= 0.6 is 15.9 Å². The third kappa shape index (κ3) is 2.42. The van der Waals surface area contributed by atoms with E-state index in [4.69, 9.17) is 5.11 Å². The third-order valence-electron chi connectivity index (χ3n) is 1.44. The number of halogens is 5. The van der Waals surface area contributed by atoms with Gasteiger partial charge in [0.05, 0.1) is 0 Å². The fourth-order valence-corrected chi connectivity index (χ4v) is 1.16. The summed E-state index contributed by atoms with van der Waals surface area (Å²) in [6.07, 6.45) is -6.75. The molecular formula is C7H4BrF4NO. The molecule has 0 amide bonds. The molecule has 0 aromatic carbocycles. The van der Waals surface area contributed by atoms with Gasteiger partial charge in [-0.15, -0.1) is 0 Å². The zero-order valence-electron chi connectivity index (χ0n) is 6.52. The molecule has 2 nitrogen and oxygen atoms in total. The van der Waals surface area contributed by atoms with E-state index in [1.165, 1.54) is 0 Å². The maximum absolute atomic E-state index is 12.8. The van der Waals surface area contributed by atoms with Crippen molar-refractivity contribution in [2.75, 3.05) is 0 Å². The number of rotatable bonds is 1. The van der Waals surface area contributed by atoms with Gasteiger partial charge in [0, 0.05) is 16.2 Å². The number of aromatic nitrogens is 1. The Bertz CT molecular complexity index is 341. The van der Waals surface area contributed by atoms with Crippen molar-refractivity contribution in [2.45, 2.75) is 12.3 Å². The molecule has 1 heterocycles. The highest BCUT2D eigenvalue weighted by molar-refractivity contribution is 9.10. The summed E-state index contributed by atoms with van der Waals surface area (Å²) in [5.74, 6) is -1.34. The minimum Gasteiger partial charge on any atom is -0.379 e. The zero-order valence-corrected chi connectivity index (χ0v) is 8.10. The number of aliphatic hydroxyl groups is 1. The van der Waals surface area contributed by atoms with Crippen molar-refractivity contribution in [1.29, 1.82) is 0 Å². The topological polar surface area (TPSA) is 33.1 Å². The number of alkyl halides is 3. The SMILES string of the molecule is O[C@@H](c1cc(Br)cnc1F)C(F)(F)F. The van der Waals surface area contributed by atoms with Gasteiger partial charge in [0.25, 0.3) is 0 Å². The van der Waals surface area contributed by atoms with E-state index in [9.17, 15) is 17.6 Å². The van der Waals surface area contributed by atoms with Crippen LogP contribution in [0.5, 0.6) is 0 Å². The monoisotopic (exact) mass is 273 g/mol. The molecule has 78 valence electrons. The second-order valence-corrected chi connectivity index (χ2v) is 3.39. The van der Waals surface area contributed by atoms with Crippen molar-refractivity contribution in [3.63, 3.8) is 0 Å². The molecule has 0 aliphatic carbocycles. The number of hydrogen-bond acceptors (Lipinski definition) is 2. The van der Waals surface area contributed by atoms with E-state index in [-0.39, 0.29) is 4.47 Å². The smallest absolute Gasteiger partial charge is 0.379 e. The van der Waals surface area contributed by atoms with Gasteiger partial charge in [-0.3, -0.25) is 0 Å². The summed E-state index contributed by atoms with van der Waals surface area (Å²) >= 11 is 2.82. The Kier molecular flexibility index (Phi) is 3.10. The number of pyridine rings is 1. The van der Waals surface area contributed by atoms with Crippen molar-refractivity contribution in [2.24, 2.45) is 0 Å². The molecule has 1 aromatic heterocycles. The number of aliphatic hydroxyl groups excluding tert-OH is 1. The van der Waals surface area contributed by atoms with Gasteiger partial charge in [0.2, 0.25) is 5.95 Å².